The van der Waals surface area contributed by atoms with Gasteiger partial charge in [-0.15, -0.1) is 0 Å². The standard InChI is InChI=1S/C22H20FN5O2/c1-14-3-5-16(6-4-14)11-24-20(29)13-28-12-19(25-15(28)2)21-26-22(30-27-21)17-7-9-18(23)10-8-17/h3-10,12H,11,13H2,1-2H3,(H,24,29). The Bertz CT molecular complexity index is 1160. The van der Waals surface area contributed by atoms with Crippen LogP contribution in [0.3, 0.4) is 0 Å². The lowest BCUT2D eigenvalue weighted by Crippen LogP contribution is -2.27. The number of hydrogen-bond acceptors (Lipinski definition) is 5. The molecule has 4 rings (SSSR count). The van der Waals surface area contributed by atoms with E-state index in [1.807, 2.05) is 31.2 Å². The van der Waals surface area contributed by atoms with Gasteiger partial charge in [-0.05, 0) is 43.7 Å². The van der Waals surface area contributed by atoms with Crippen LogP contribution in [0.1, 0.15) is 17.0 Å². The van der Waals surface area contributed by atoms with E-state index >= 15 is 0 Å². The molecule has 0 spiro atoms. The predicted molar refractivity (Wildman–Crippen MR) is 109 cm³/mol. The molecule has 8 heteroatoms. The van der Waals surface area contributed by atoms with Crippen molar-refractivity contribution in [3.8, 4) is 23.0 Å². The van der Waals surface area contributed by atoms with Gasteiger partial charge in [0.15, 0.2) is 0 Å². The molecule has 2 aromatic carbocycles. The molecule has 0 aliphatic heterocycles. The maximum Gasteiger partial charge on any atom is 0.258 e. The lowest BCUT2D eigenvalue weighted by molar-refractivity contribution is -0.121. The molecule has 0 fully saturated rings. The van der Waals surface area contributed by atoms with E-state index < -0.39 is 0 Å². The highest BCUT2D eigenvalue weighted by molar-refractivity contribution is 5.76. The van der Waals surface area contributed by atoms with E-state index in [0.29, 0.717) is 29.5 Å². The van der Waals surface area contributed by atoms with Gasteiger partial charge in [0.25, 0.3) is 5.89 Å². The molecule has 152 valence electrons. The molecule has 7 nitrogen and oxygen atoms in total. The Morgan fingerprint density at radius 3 is 2.53 bits per heavy atom. The maximum atomic E-state index is 13.1. The van der Waals surface area contributed by atoms with Crippen LogP contribution < -0.4 is 5.32 Å². The lowest BCUT2D eigenvalue weighted by atomic mass is 10.1. The highest BCUT2D eigenvalue weighted by Crippen LogP contribution is 2.22. The van der Waals surface area contributed by atoms with Crippen LogP contribution in [0.5, 0.6) is 0 Å². The lowest BCUT2D eigenvalue weighted by Gasteiger charge is -2.07. The highest BCUT2D eigenvalue weighted by atomic mass is 19.1. The molecular weight excluding hydrogens is 385 g/mol. The smallest absolute Gasteiger partial charge is 0.258 e. The van der Waals surface area contributed by atoms with E-state index in [-0.39, 0.29) is 24.2 Å². The minimum Gasteiger partial charge on any atom is -0.350 e. The second-order valence-electron chi connectivity index (χ2n) is 6.99. The molecule has 0 aliphatic carbocycles. The fraction of sp³-hybridized carbons (Fsp3) is 0.182. The second kappa shape index (κ2) is 8.28. The normalized spacial score (nSPS) is 10.9. The van der Waals surface area contributed by atoms with Gasteiger partial charge in [-0.25, -0.2) is 9.37 Å². The number of aromatic nitrogens is 4. The van der Waals surface area contributed by atoms with Gasteiger partial charge in [-0.3, -0.25) is 4.79 Å². The molecule has 0 radical (unpaired) electrons. The number of amides is 1. The predicted octanol–water partition coefficient (Wildman–Crippen LogP) is 3.67. The Balaban J connectivity index is 1.42. The SMILES string of the molecule is Cc1ccc(CNC(=O)Cn2cc(-c3noc(-c4ccc(F)cc4)n3)nc2C)cc1. The third-order valence-corrected chi connectivity index (χ3v) is 4.65. The summed E-state index contributed by atoms with van der Waals surface area (Å²) in [6.07, 6.45) is 1.71. The van der Waals surface area contributed by atoms with E-state index in [1.165, 1.54) is 17.7 Å². The van der Waals surface area contributed by atoms with Gasteiger partial charge in [0.2, 0.25) is 11.7 Å². The molecule has 30 heavy (non-hydrogen) atoms. The van der Waals surface area contributed by atoms with Gasteiger partial charge < -0.3 is 14.4 Å². The molecule has 1 N–H and O–H groups in total. The molecule has 0 bridgehead atoms. The van der Waals surface area contributed by atoms with Crippen LogP contribution in [0.15, 0.2) is 59.3 Å². The zero-order valence-electron chi connectivity index (χ0n) is 16.6. The van der Waals surface area contributed by atoms with Crippen molar-refractivity contribution in [3.05, 3.63) is 77.5 Å². The molecule has 2 heterocycles. The average molecular weight is 405 g/mol. The van der Waals surface area contributed by atoms with E-state index in [1.54, 1.807) is 29.8 Å². The summed E-state index contributed by atoms with van der Waals surface area (Å²) in [5, 5.41) is 6.85. The van der Waals surface area contributed by atoms with Crippen LogP contribution in [-0.4, -0.2) is 25.6 Å². The van der Waals surface area contributed by atoms with Crippen molar-refractivity contribution >= 4 is 5.91 Å². The van der Waals surface area contributed by atoms with E-state index in [4.69, 9.17) is 4.52 Å². The Morgan fingerprint density at radius 1 is 1.07 bits per heavy atom. The van der Waals surface area contributed by atoms with E-state index in [0.717, 1.165) is 5.56 Å². The van der Waals surface area contributed by atoms with Crippen LogP contribution in [0.25, 0.3) is 23.0 Å². The molecule has 0 aliphatic rings. The summed E-state index contributed by atoms with van der Waals surface area (Å²) >= 11 is 0. The third-order valence-electron chi connectivity index (χ3n) is 4.65. The average Bonchev–Trinajstić information content (AvgIpc) is 3.36. The molecule has 2 aromatic heterocycles. The van der Waals surface area contributed by atoms with Crippen molar-refractivity contribution in [1.29, 1.82) is 0 Å². The summed E-state index contributed by atoms with van der Waals surface area (Å²) in [6, 6.07) is 13.8. The molecule has 0 atom stereocenters. The van der Waals surface area contributed by atoms with Crippen LogP contribution in [0, 0.1) is 19.7 Å². The molecule has 4 aromatic rings. The van der Waals surface area contributed by atoms with Crippen molar-refractivity contribution in [2.24, 2.45) is 0 Å². The number of halogens is 1. The van der Waals surface area contributed by atoms with Crippen molar-refractivity contribution in [1.82, 2.24) is 25.0 Å². The summed E-state index contributed by atoms with van der Waals surface area (Å²) in [6.45, 7) is 4.42. The quantitative estimate of drug-likeness (QED) is 0.529. The first kappa shape index (κ1) is 19.5. The van der Waals surface area contributed by atoms with Gasteiger partial charge in [0.1, 0.15) is 23.9 Å². The summed E-state index contributed by atoms with van der Waals surface area (Å²) in [4.78, 5) is 21.1. The number of aryl methyl sites for hydroxylation is 2. The monoisotopic (exact) mass is 405 g/mol. The Kier molecular flexibility index (Phi) is 5.38. The van der Waals surface area contributed by atoms with Gasteiger partial charge in [0.05, 0.1) is 0 Å². The van der Waals surface area contributed by atoms with Crippen LogP contribution in [-0.2, 0) is 17.9 Å². The molecule has 0 saturated heterocycles. The van der Waals surface area contributed by atoms with Crippen LogP contribution in [0.2, 0.25) is 0 Å². The van der Waals surface area contributed by atoms with Crippen molar-refractivity contribution in [2.75, 3.05) is 0 Å². The van der Waals surface area contributed by atoms with Gasteiger partial charge in [-0.2, -0.15) is 4.98 Å². The van der Waals surface area contributed by atoms with Gasteiger partial charge >= 0.3 is 0 Å². The van der Waals surface area contributed by atoms with E-state index in [2.05, 4.69) is 20.4 Å². The van der Waals surface area contributed by atoms with Crippen molar-refractivity contribution in [3.63, 3.8) is 0 Å². The first-order valence-electron chi connectivity index (χ1n) is 9.44. The molecule has 0 unspecified atom stereocenters. The highest BCUT2D eigenvalue weighted by Gasteiger charge is 2.16. The number of imidazole rings is 1. The van der Waals surface area contributed by atoms with E-state index in [9.17, 15) is 9.18 Å². The fourth-order valence-corrected chi connectivity index (χ4v) is 2.93. The number of rotatable bonds is 6. The topological polar surface area (TPSA) is 85.8 Å². The van der Waals surface area contributed by atoms with Crippen LogP contribution >= 0.6 is 0 Å². The zero-order chi connectivity index (χ0) is 21.1. The Hall–Kier alpha value is -3.81. The summed E-state index contributed by atoms with van der Waals surface area (Å²) in [5.74, 6) is 0.768. The first-order valence-corrected chi connectivity index (χ1v) is 9.44. The number of nitrogens with one attached hydrogen (secondary N) is 1. The van der Waals surface area contributed by atoms with Gasteiger partial charge in [-0.1, -0.05) is 35.0 Å². The number of hydrogen-bond donors (Lipinski definition) is 1. The van der Waals surface area contributed by atoms with Crippen molar-refractivity contribution in [2.45, 2.75) is 26.9 Å². The van der Waals surface area contributed by atoms with Gasteiger partial charge in [0, 0.05) is 18.3 Å². The summed E-state index contributed by atoms with van der Waals surface area (Å²) < 4.78 is 20.1. The zero-order valence-corrected chi connectivity index (χ0v) is 16.6. The fourth-order valence-electron chi connectivity index (χ4n) is 2.93. The molecule has 1 amide bonds. The third kappa shape index (κ3) is 4.43. The Labute approximate surface area is 172 Å². The first-order chi connectivity index (χ1) is 14.5. The van der Waals surface area contributed by atoms with Crippen molar-refractivity contribution < 1.29 is 13.7 Å². The number of carbonyl (C=O) groups excluding carboxylic acids is 1. The summed E-state index contributed by atoms with van der Waals surface area (Å²) in [7, 11) is 0. The Morgan fingerprint density at radius 2 is 1.80 bits per heavy atom. The maximum absolute atomic E-state index is 13.1. The number of carbonyl (C=O) groups is 1. The molecule has 0 saturated carbocycles. The summed E-state index contributed by atoms with van der Waals surface area (Å²) in [5.41, 5.74) is 3.32. The largest absolute Gasteiger partial charge is 0.350 e. The number of nitrogens with zero attached hydrogens (tertiary/aromatic N) is 4. The van der Waals surface area contributed by atoms with Crippen LogP contribution in [0.4, 0.5) is 4.39 Å². The number of benzene rings is 2. The molecular formula is C22H20FN5O2. The second-order valence-corrected chi connectivity index (χ2v) is 6.99. The minimum absolute atomic E-state index is 0.122. The minimum atomic E-state index is -0.339.